The molecule has 1 rings (SSSR count). The van der Waals surface area contributed by atoms with Crippen LogP contribution in [0, 0.1) is 0 Å². The highest BCUT2D eigenvalue weighted by Crippen LogP contribution is 2.12. The van der Waals surface area contributed by atoms with Crippen molar-refractivity contribution in [3.05, 3.63) is 16.1 Å². The molecule has 6 heteroatoms. The van der Waals surface area contributed by atoms with Gasteiger partial charge in [0, 0.05) is 17.5 Å². The third-order valence-electron chi connectivity index (χ3n) is 2.25. The number of carbonyl (C=O) groups excluding carboxylic acids is 2. The lowest BCUT2D eigenvalue weighted by molar-refractivity contribution is -0.144. The molecule has 0 aliphatic heterocycles. The van der Waals surface area contributed by atoms with Crippen molar-refractivity contribution >= 4 is 23.2 Å². The fourth-order valence-corrected chi connectivity index (χ4v) is 2.11. The smallest absolute Gasteiger partial charge is 0.306 e. The largest absolute Gasteiger partial charge is 0.466 e. The van der Waals surface area contributed by atoms with Crippen molar-refractivity contribution in [2.24, 2.45) is 0 Å². The van der Waals surface area contributed by atoms with E-state index in [-0.39, 0.29) is 24.7 Å². The number of hydrogen-bond acceptors (Lipinski definition) is 5. The monoisotopic (exact) mass is 270 g/mol. The third kappa shape index (κ3) is 5.27. The standard InChI is InChI=1S/C12H18N2O3S/c1-3-9-7-14-11(18-9)8-13-10(15)5-6-12(16)17-4-2/h7H,3-6,8H2,1-2H3,(H,13,15). The first-order chi connectivity index (χ1) is 8.65. The van der Waals surface area contributed by atoms with Crippen molar-refractivity contribution < 1.29 is 14.3 Å². The molecule has 1 aromatic rings. The van der Waals surface area contributed by atoms with Crippen molar-refractivity contribution in [3.63, 3.8) is 0 Å². The zero-order valence-electron chi connectivity index (χ0n) is 10.7. The molecular formula is C12H18N2O3S. The van der Waals surface area contributed by atoms with Crippen molar-refractivity contribution in [1.82, 2.24) is 10.3 Å². The van der Waals surface area contributed by atoms with E-state index in [4.69, 9.17) is 4.74 Å². The summed E-state index contributed by atoms with van der Waals surface area (Å²) in [4.78, 5) is 27.9. The van der Waals surface area contributed by atoms with Gasteiger partial charge in [-0.1, -0.05) is 6.92 Å². The number of nitrogens with zero attached hydrogens (tertiary/aromatic N) is 1. The molecule has 5 nitrogen and oxygen atoms in total. The van der Waals surface area contributed by atoms with Gasteiger partial charge in [-0.05, 0) is 13.3 Å². The highest BCUT2D eigenvalue weighted by Gasteiger charge is 2.08. The Morgan fingerprint density at radius 1 is 1.39 bits per heavy atom. The summed E-state index contributed by atoms with van der Waals surface area (Å²) in [7, 11) is 0. The fraction of sp³-hybridized carbons (Fsp3) is 0.583. The van der Waals surface area contributed by atoms with Gasteiger partial charge in [-0.2, -0.15) is 0 Å². The summed E-state index contributed by atoms with van der Waals surface area (Å²) < 4.78 is 4.74. The number of esters is 1. The van der Waals surface area contributed by atoms with Crippen molar-refractivity contribution in [2.45, 2.75) is 39.7 Å². The molecule has 0 aliphatic rings. The molecule has 0 saturated heterocycles. The Morgan fingerprint density at radius 2 is 2.17 bits per heavy atom. The molecule has 100 valence electrons. The lowest BCUT2D eigenvalue weighted by Crippen LogP contribution is -2.23. The van der Waals surface area contributed by atoms with E-state index < -0.39 is 0 Å². The van der Waals surface area contributed by atoms with Gasteiger partial charge >= 0.3 is 5.97 Å². The lowest BCUT2D eigenvalue weighted by atomic mass is 10.3. The van der Waals surface area contributed by atoms with Gasteiger partial charge in [0.15, 0.2) is 0 Å². The number of amides is 1. The van der Waals surface area contributed by atoms with Crippen LogP contribution in [0.2, 0.25) is 0 Å². The zero-order chi connectivity index (χ0) is 13.4. The summed E-state index contributed by atoms with van der Waals surface area (Å²) in [6, 6.07) is 0. The van der Waals surface area contributed by atoms with Crippen LogP contribution < -0.4 is 5.32 Å². The molecule has 1 N–H and O–H groups in total. The molecule has 0 radical (unpaired) electrons. The Hall–Kier alpha value is -1.43. The molecule has 18 heavy (non-hydrogen) atoms. The molecule has 0 unspecified atom stereocenters. The van der Waals surface area contributed by atoms with Crippen molar-refractivity contribution in [1.29, 1.82) is 0 Å². The Balaban J connectivity index is 2.22. The fourth-order valence-electron chi connectivity index (χ4n) is 1.30. The summed E-state index contributed by atoms with van der Waals surface area (Å²) >= 11 is 1.59. The van der Waals surface area contributed by atoms with Gasteiger partial charge in [0.05, 0.1) is 19.6 Å². The first-order valence-corrected chi connectivity index (χ1v) is 6.83. The molecule has 0 bridgehead atoms. The number of hydrogen-bond donors (Lipinski definition) is 1. The molecule has 0 spiro atoms. The SMILES string of the molecule is CCOC(=O)CCC(=O)NCc1ncc(CC)s1. The summed E-state index contributed by atoms with van der Waals surface area (Å²) in [6.45, 7) is 4.58. The maximum absolute atomic E-state index is 11.5. The van der Waals surface area contributed by atoms with Gasteiger partial charge in [-0.3, -0.25) is 9.59 Å². The molecule has 0 saturated carbocycles. The van der Waals surface area contributed by atoms with Gasteiger partial charge in [0.25, 0.3) is 0 Å². The van der Waals surface area contributed by atoms with Gasteiger partial charge < -0.3 is 10.1 Å². The van der Waals surface area contributed by atoms with Gasteiger partial charge in [-0.15, -0.1) is 11.3 Å². The predicted octanol–water partition coefficient (Wildman–Crippen LogP) is 1.66. The second-order valence-electron chi connectivity index (χ2n) is 3.66. The van der Waals surface area contributed by atoms with Crippen molar-refractivity contribution in [2.75, 3.05) is 6.61 Å². The summed E-state index contributed by atoms with van der Waals surface area (Å²) in [5.41, 5.74) is 0. The first kappa shape index (κ1) is 14.6. The average Bonchev–Trinajstić information content (AvgIpc) is 2.82. The molecule has 1 aromatic heterocycles. The summed E-state index contributed by atoms with van der Waals surface area (Å²) in [5, 5.41) is 3.62. The van der Waals surface area contributed by atoms with Gasteiger partial charge in [-0.25, -0.2) is 4.98 Å². The normalized spacial score (nSPS) is 10.1. The van der Waals surface area contributed by atoms with E-state index in [0.29, 0.717) is 13.2 Å². The number of thiazole rings is 1. The molecule has 1 amide bonds. The minimum absolute atomic E-state index is 0.123. The van der Waals surface area contributed by atoms with E-state index in [1.54, 1.807) is 18.3 Å². The highest BCUT2D eigenvalue weighted by atomic mass is 32.1. The maximum atomic E-state index is 11.5. The van der Waals surface area contributed by atoms with E-state index in [1.165, 1.54) is 4.88 Å². The van der Waals surface area contributed by atoms with E-state index in [9.17, 15) is 9.59 Å². The van der Waals surface area contributed by atoms with E-state index >= 15 is 0 Å². The van der Waals surface area contributed by atoms with E-state index in [0.717, 1.165) is 11.4 Å². The minimum atomic E-state index is -0.338. The van der Waals surface area contributed by atoms with Crippen LogP contribution in [0.15, 0.2) is 6.20 Å². The Bertz CT molecular complexity index is 404. The maximum Gasteiger partial charge on any atom is 0.306 e. The van der Waals surface area contributed by atoms with Crippen LogP contribution in [0.1, 0.15) is 36.6 Å². The Labute approximate surface area is 111 Å². The number of aromatic nitrogens is 1. The average molecular weight is 270 g/mol. The van der Waals surface area contributed by atoms with Crippen LogP contribution in [-0.2, 0) is 27.3 Å². The molecule has 0 atom stereocenters. The highest BCUT2D eigenvalue weighted by molar-refractivity contribution is 7.11. The second kappa shape index (κ2) is 7.81. The topological polar surface area (TPSA) is 68.3 Å². The van der Waals surface area contributed by atoms with E-state index in [2.05, 4.69) is 17.2 Å². The van der Waals surface area contributed by atoms with Crippen LogP contribution in [0.4, 0.5) is 0 Å². The van der Waals surface area contributed by atoms with Gasteiger partial charge in [0.2, 0.25) is 5.91 Å². The Kier molecular flexibility index (Phi) is 6.35. The van der Waals surface area contributed by atoms with E-state index in [1.807, 2.05) is 6.20 Å². The van der Waals surface area contributed by atoms with Crippen LogP contribution in [0.3, 0.4) is 0 Å². The third-order valence-corrected chi connectivity index (χ3v) is 3.39. The zero-order valence-corrected chi connectivity index (χ0v) is 11.5. The molecule has 1 heterocycles. The van der Waals surface area contributed by atoms with Crippen LogP contribution >= 0.6 is 11.3 Å². The quantitative estimate of drug-likeness (QED) is 0.765. The Morgan fingerprint density at radius 3 is 2.78 bits per heavy atom. The summed E-state index contributed by atoms with van der Waals surface area (Å²) in [5.74, 6) is -0.494. The molecule has 0 fully saturated rings. The lowest BCUT2D eigenvalue weighted by Gasteiger charge is -2.03. The van der Waals surface area contributed by atoms with Crippen molar-refractivity contribution in [3.8, 4) is 0 Å². The van der Waals surface area contributed by atoms with Crippen LogP contribution in [0.5, 0.6) is 0 Å². The second-order valence-corrected chi connectivity index (χ2v) is 4.86. The number of rotatable bonds is 7. The predicted molar refractivity (Wildman–Crippen MR) is 69.2 cm³/mol. The van der Waals surface area contributed by atoms with Gasteiger partial charge in [0.1, 0.15) is 5.01 Å². The number of ether oxygens (including phenoxy) is 1. The first-order valence-electron chi connectivity index (χ1n) is 6.01. The molecule has 0 aliphatic carbocycles. The summed E-state index contributed by atoms with van der Waals surface area (Å²) in [6.07, 6.45) is 3.06. The molecular weight excluding hydrogens is 252 g/mol. The van der Waals surface area contributed by atoms with Crippen LogP contribution in [-0.4, -0.2) is 23.5 Å². The molecule has 0 aromatic carbocycles. The number of nitrogens with one attached hydrogen (secondary N) is 1. The minimum Gasteiger partial charge on any atom is -0.466 e. The van der Waals surface area contributed by atoms with Crippen LogP contribution in [0.25, 0.3) is 0 Å². The number of carbonyl (C=O) groups is 2. The number of aryl methyl sites for hydroxylation is 1.